The first-order valence-electron chi connectivity index (χ1n) is 4.56. The van der Waals surface area contributed by atoms with E-state index in [-0.39, 0.29) is 10.5 Å². The van der Waals surface area contributed by atoms with Crippen molar-refractivity contribution in [3.63, 3.8) is 0 Å². The van der Waals surface area contributed by atoms with Gasteiger partial charge >= 0.3 is 6.18 Å². The lowest BCUT2D eigenvalue weighted by molar-refractivity contribution is -0.215. The largest absolute Gasteiger partial charge is 0.418 e. The van der Waals surface area contributed by atoms with Crippen molar-refractivity contribution in [3.05, 3.63) is 29.8 Å². The Morgan fingerprint density at radius 1 is 1.18 bits per heavy atom. The molecule has 0 bridgehead atoms. The predicted molar refractivity (Wildman–Crippen MR) is 55.4 cm³/mol. The van der Waals surface area contributed by atoms with Gasteiger partial charge in [-0.3, -0.25) is 0 Å². The molecule has 0 heterocycles. The molecular weight excluding hydrogens is 257 g/mol. The van der Waals surface area contributed by atoms with Crippen molar-refractivity contribution in [2.75, 3.05) is 13.4 Å². The van der Waals surface area contributed by atoms with E-state index in [1.807, 2.05) is 0 Å². The molecule has 0 N–H and O–H groups in total. The lowest BCUT2D eigenvalue weighted by Crippen LogP contribution is -2.22. The maximum atomic E-state index is 12.5. The standard InChI is InChI=1S/C10H11F3O3S/c1-16-9(10(11,12)13)7-3-5-8(6-4-7)17(2,14)15/h3-6,9H,1-2H3. The second-order valence-electron chi connectivity index (χ2n) is 3.50. The minimum atomic E-state index is -4.53. The number of hydrogen-bond donors (Lipinski definition) is 0. The fourth-order valence-corrected chi connectivity index (χ4v) is 1.98. The van der Waals surface area contributed by atoms with E-state index in [2.05, 4.69) is 4.74 Å². The minimum absolute atomic E-state index is 0.0294. The summed E-state index contributed by atoms with van der Waals surface area (Å²) < 4.78 is 64.1. The zero-order chi connectivity index (χ0) is 13.3. The third kappa shape index (κ3) is 3.44. The molecule has 0 aliphatic carbocycles. The summed E-state index contributed by atoms with van der Waals surface area (Å²) in [5, 5.41) is 0. The third-order valence-electron chi connectivity index (χ3n) is 2.14. The molecule has 0 radical (unpaired) electrons. The van der Waals surface area contributed by atoms with Crippen molar-refractivity contribution in [1.82, 2.24) is 0 Å². The number of rotatable bonds is 3. The summed E-state index contributed by atoms with van der Waals surface area (Å²) in [6, 6.07) is 4.45. The molecule has 1 aromatic carbocycles. The summed E-state index contributed by atoms with van der Waals surface area (Å²) >= 11 is 0. The molecule has 1 aromatic rings. The number of methoxy groups -OCH3 is 1. The molecule has 0 spiro atoms. The molecule has 0 amide bonds. The van der Waals surface area contributed by atoms with E-state index < -0.39 is 22.1 Å². The Morgan fingerprint density at radius 2 is 1.65 bits per heavy atom. The van der Waals surface area contributed by atoms with Crippen LogP contribution in [0.5, 0.6) is 0 Å². The van der Waals surface area contributed by atoms with Gasteiger partial charge in [-0.1, -0.05) is 12.1 Å². The van der Waals surface area contributed by atoms with Gasteiger partial charge in [0.2, 0.25) is 0 Å². The molecule has 0 aliphatic heterocycles. The highest BCUT2D eigenvalue weighted by Crippen LogP contribution is 2.35. The van der Waals surface area contributed by atoms with Crippen LogP contribution < -0.4 is 0 Å². The highest BCUT2D eigenvalue weighted by atomic mass is 32.2. The van der Waals surface area contributed by atoms with Crippen molar-refractivity contribution < 1.29 is 26.3 Å². The van der Waals surface area contributed by atoms with E-state index in [9.17, 15) is 21.6 Å². The maximum absolute atomic E-state index is 12.5. The van der Waals surface area contributed by atoms with Crippen LogP contribution in [0, 0.1) is 0 Å². The highest BCUT2D eigenvalue weighted by molar-refractivity contribution is 7.90. The average molecular weight is 268 g/mol. The Balaban J connectivity index is 3.10. The Bertz CT molecular complexity index is 477. The van der Waals surface area contributed by atoms with Crippen LogP contribution >= 0.6 is 0 Å². The van der Waals surface area contributed by atoms with Gasteiger partial charge in [0.1, 0.15) is 0 Å². The van der Waals surface area contributed by atoms with Crippen LogP contribution in [0.15, 0.2) is 29.2 Å². The van der Waals surface area contributed by atoms with E-state index in [0.717, 1.165) is 37.6 Å². The van der Waals surface area contributed by atoms with Crippen LogP contribution in [0.4, 0.5) is 13.2 Å². The molecule has 0 fully saturated rings. The Morgan fingerprint density at radius 3 is 1.94 bits per heavy atom. The number of benzene rings is 1. The summed E-state index contributed by atoms with van der Waals surface area (Å²) in [6.45, 7) is 0. The van der Waals surface area contributed by atoms with Crippen LogP contribution in [0.3, 0.4) is 0 Å². The highest BCUT2D eigenvalue weighted by Gasteiger charge is 2.41. The molecule has 1 unspecified atom stereocenters. The molecule has 0 saturated heterocycles. The minimum Gasteiger partial charge on any atom is -0.367 e. The molecular formula is C10H11F3O3S. The molecule has 7 heteroatoms. The van der Waals surface area contributed by atoms with E-state index in [1.165, 1.54) is 0 Å². The molecule has 3 nitrogen and oxygen atoms in total. The lowest BCUT2D eigenvalue weighted by atomic mass is 10.1. The van der Waals surface area contributed by atoms with Gasteiger partial charge in [0.15, 0.2) is 15.9 Å². The third-order valence-corrected chi connectivity index (χ3v) is 3.27. The Labute approximate surface area is 97.1 Å². The van der Waals surface area contributed by atoms with Gasteiger partial charge in [0.05, 0.1) is 4.90 Å². The van der Waals surface area contributed by atoms with E-state index in [4.69, 9.17) is 0 Å². The quantitative estimate of drug-likeness (QED) is 0.845. The number of ether oxygens (including phenoxy) is 1. The number of sulfone groups is 1. The van der Waals surface area contributed by atoms with Crippen molar-refractivity contribution in [2.24, 2.45) is 0 Å². The van der Waals surface area contributed by atoms with E-state index >= 15 is 0 Å². The summed E-state index contributed by atoms with van der Waals surface area (Å²) in [7, 11) is -2.46. The van der Waals surface area contributed by atoms with Crippen LogP contribution in [0.1, 0.15) is 11.7 Å². The van der Waals surface area contributed by atoms with E-state index in [0.29, 0.717) is 0 Å². The van der Waals surface area contributed by atoms with Crippen molar-refractivity contribution in [2.45, 2.75) is 17.2 Å². The van der Waals surface area contributed by atoms with Crippen molar-refractivity contribution in [1.29, 1.82) is 0 Å². The maximum Gasteiger partial charge on any atom is 0.418 e. The van der Waals surface area contributed by atoms with Gasteiger partial charge < -0.3 is 4.74 Å². The second-order valence-corrected chi connectivity index (χ2v) is 5.51. The van der Waals surface area contributed by atoms with Gasteiger partial charge in [-0.15, -0.1) is 0 Å². The number of hydrogen-bond acceptors (Lipinski definition) is 3. The summed E-state index contributed by atoms with van der Waals surface area (Å²) in [4.78, 5) is -0.0294. The van der Waals surface area contributed by atoms with Crippen LogP contribution in [-0.4, -0.2) is 28.0 Å². The normalized spacial score (nSPS) is 14.6. The Hall–Kier alpha value is -1.08. The molecule has 1 atom stereocenters. The summed E-state index contributed by atoms with van der Waals surface area (Å²) in [6.07, 6.45) is -5.59. The number of halogens is 3. The first-order valence-corrected chi connectivity index (χ1v) is 6.45. The van der Waals surface area contributed by atoms with Crippen molar-refractivity contribution in [3.8, 4) is 0 Å². The SMILES string of the molecule is COC(c1ccc(S(C)(=O)=O)cc1)C(F)(F)F. The van der Waals surface area contributed by atoms with Gasteiger partial charge in [-0.25, -0.2) is 8.42 Å². The predicted octanol–water partition coefficient (Wildman–Crippen LogP) is 2.34. The molecule has 0 saturated carbocycles. The first-order chi connectivity index (χ1) is 7.66. The van der Waals surface area contributed by atoms with E-state index in [1.54, 1.807) is 0 Å². The second kappa shape index (κ2) is 4.66. The lowest BCUT2D eigenvalue weighted by Gasteiger charge is -2.19. The first kappa shape index (κ1) is 14.0. The smallest absolute Gasteiger partial charge is 0.367 e. The molecule has 1 rings (SSSR count). The number of alkyl halides is 3. The molecule has 0 aromatic heterocycles. The topological polar surface area (TPSA) is 43.4 Å². The van der Waals surface area contributed by atoms with Crippen LogP contribution in [-0.2, 0) is 14.6 Å². The average Bonchev–Trinajstić information content (AvgIpc) is 2.16. The van der Waals surface area contributed by atoms with Gasteiger partial charge in [-0.05, 0) is 17.7 Å². The van der Waals surface area contributed by atoms with Crippen LogP contribution in [0.25, 0.3) is 0 Å². The molecule has 0 aliphatic rings. The molecule has 96 valence electrons. The summed E-state index contributed by atoms with van der Waals surface area (Å²) in [5.41, 5.74) is -0.132. The van der Waals surface area contributed by atoms with Crippen molar-refractivity contribution >= 4 is 9.84 Å². The monoisotopic (exact) mass is 268 g/mol. The Kier molecular flexibility index (Phi) is 3.83. The van der Waals surface area contributed by atoms with Gasteiger partial charge in [0, 0.05) is 13.4 Å². The fourth-order valence-electron chi connectivity index (χ4n) is 1.35. The van der Waals surface area contributed by atoms with Crippen LogP contribution in [0.2, 0.25) is 0 Å². The molecule has 17 heavy (non-hydrogen) atoms. The van der Waals surface area contributed by atoms with Gasteiger partial charge in [-0.2, -0.15) is 13.2 Å². The summed E-state index contributed by atoms with van der Waals surface area (Å²) in [5.74, 6) is 0. The fraction of sp³-hybridized carbons (Fsp3) is 0.400. The zero-order valence-corrected chi connectivity index (χ0v) is 9.97. The zero-order valence-electron chi connectivity index (χ0n) is 9.15. The van der Waals surface area contributed by atoms with Gasteiger partial charge in [0.25, 0.3) is 0 Å².